The molecule has 3 aromatic heterocycles. The van der Waals surface area contributed by atoms with Crippen molar-refractivity contribution in [3.8, 4) is 0 Å². The quantitative estimate of drug-likeness (QED) is 0.0284. The highest BCUT2D eigenvalue weighted by atomic mass is 31.2. The maximum Gasteiger partial charge on any atom is 0.472 e. The number of aryl methyl sites for hydroxylation is 1. The van der Waals surface area contributed by atoms with E-state index < -0.39 is 89.7 Å². The molecule has 6 rings (SSSR count). The zero-order valence-corrected chi connectivity index (χ0v) is 33.1. The molecule has 25 heteroatoms. The number of esters is 1. The summed E-state index contributed by atoms with van der Waals surface area (Å²) in [5, 5.41) is 13.6. The first-order chi connectivity index (χ1) is 28.1. The van der Waals surface area contributed by atoms with Gasteiger partial charge in [0.05, 0.1) is 19.5 Å². The van der Waals surface area contributed by atoms with E-state index in [9.17, 15) is 38.5 Å². The van der Waals surface area contributed by atoms with E-state index in [0.717, 1.165) is 10.1 Å². The molecule has 3 unspecified atom stereocenters. The zero-order valence-electron chi connectivity index (χ0n) is 31.4. The molecule has 1 aromatic carbocycles. The Bertz CT molecular complexity index is 2230. The Balaban J connectivity index is 1.20. The number of hydrogen-bond acceptors (Lipinski definition) is 18. The van der Waals surface area contributed by atoms with E-state index >= 15 is 0 Å². The third-order valence-corrected chi connectivity index (χ3v) is 10.9. The summed E-state index contributed by atoms with van der Waals surface area (Å²) in [5.74, 6) is -0.709. The van der Waals surface area contributed by atoms with Gasteiger partial charge in [0.2, 0.25) is 0 Å². The van der Waals surface area contributed by atoms with Gasteiger partial charge in [0.25, 0.3) is 0 Å². The summed E-state index contributed by atoms with van der Waals surface area (Å²) in [7, 11) is -10.1. The van der Waals surface area contributed by atoms with Gasteiger partial charge < -0.3 is 45.5 Å². The van der Waals surface area contributed by atoms with Crippen LogP contribution in [0.3, 0.4) is 0 Å². The summed E-state index contributed by atoms with van der Waals surface area (Å²) in [6.07, 6.45) is -1.56. The molecule has 320 valence electrons. The number of ether oxygens (including phenoxy) is 3. The third-order valence-electron chi connectivity index (χ3n) is 9.45. The standard InChI is InChI=1S/C34H45N9O14P2/c1-2-3-9-27(44)40-21(11-10-20-7-5-4-6-8-20)33(45)56-22-14-29(43-19-39-30-31(36)37-18-38-32(30)43)54-24(22)17-53-59(50,51)57-23-15-28(42-13-12-26(35)41-34(42)46)55-25(23)16-52-58(47,48)49/h2,4-8,12-13,18-19,21-25,27-29,40,44H,1,3,9-11,14-17H2,(H,50,51)(H2,35,41,46)(H2,36,37,38)(H2,47,48,49)/t21-,22?,23-,24+,25+,27?,28+,29+/m0/s1. The number of nitrogen functional groups attached to an aromatic ring is 2. The Kier molecular flexibility index (Phi) is 14.4. The third kappa shape index (κ3) is 11.8. The van der Waals surface area contributed by atoms with Gasteiger partial charge in [-0.1, -0.05) is 36.4 Å². The van der Waals surface area contributed by atoms with Crippen molar-refractivity contribution < 1.29 is 61.5 Å². The fourth-order valence-electron chi connectivity index (χ4n) is 6.59. The normalized spacial score (nSPS) is 24.1. The van der Waals surface area contributed by atoms with Gasteiger partial charge in [0.1, 0.15) is 66.8 Å². The number of imidazole rings is 1. The first-order valence-corrected chi connectivity index (χ1v) is 21.4. The van der Waals surface area contributed by atoms with Crippen LogP contribution in [0.1, 0.15) is 50.1 Å². The largest absolute Gasteiger partial charge is 0.472 e. The van der Waals surface area contributed by atoms with E-state index in [1.165, 1.54) is 29.5 Å². The molecule has 4 aromatic rings. The number of fused-ring (bicyclic) bond motifs is 1. The molecular weight excluding hydrogens is 820 g/mol. The van der Waals surface area contributed by atoms with E-state index in [1.807, 2.05) is 30.3 Å². The lowest BCUT2D eigenvalue weighted by Crippen LogP contribution is -2.46. The Hall–Kier alpha value is -4.48. The molecule has 0 radical (unpaired) electrons. The second-order valence-corrected chi connectivity index (χ2v) is 16.3. The molecule has 0 amide bonds. The highest BCUT2D eigenvalue weighted by Crippen LogP contribution is 2.50. The molecular formula is C34H45N9O14P2. The van der Waals surface area contributed by atoms with Crippen molar-refractivity contribution in [3.05, 3.63) is 84.0 Å². The Morgan fingerprint density at radius 1 is 0.983 bits per heavy atom. The van der Waals surface area contributed by atoms with Gasteiger partial charge in [-0.2, -0.15) is 4.98 Å². The Labute approximate surface area is 336 Å². The SMILES string of the molecule is C=CCCC(O)N[C@@H](CCc1ccccc1)C(=O)OC1C[C@H](n2cnc3c(N)ncnc32)O[C@@H]1COP(=O)(O)O[C@H]1C[C@H](n2ccc(N)nc2=O)O[C@@H]1COP(=O)(O)O. The number of anilines is 2. The molecule has 0 saturated carbocycles. The Morgan fingerprint density at radius 2 is 1.68 bits per heavy atom. The van der Waals surface area contributed by atoms with Crippen LogP contribution in [-0.4, -0.2) is 105 Å². The lowest BCUT2D eigenvalue weighted by molar-refractivity contribution is -0.156. The number of allylic oxidation sites excluding steroid dienone is 1. The molecule has 9 atom stereocenters. The van der Waals surface area contributed by atoms with E-state index in [4.69, 9.17) is 34.7 Å². The van der Waals surface area contributed by atoms with E-state index in [2.05, 4.69) is 36.4 Å². The maximum absolute atomic E-state index is 13.9. The molecule has 0 aliphatic carbocycles. The van der Waals surface area contributed by atoms with Gasteiger partial charge in [-0.25, -0.2) is 28.9 Å². The molecule has 0 bridgehead atoms. The van der Waals surface area contributed by atoms with Gasteiger partial charge in [0.15, 0.2) is 11.5 Å². The predicted molar refractivity (Wildman–Crippen MR) is 205 cm³/mol. The van der Waals surface area contributed by atoms with Crippen molar-refractivity contribution in [1.82, 2.24) is 34.4 Å². The van der Waals surface area contributed by atoms with Gasteiger partial charge in [-0.05, 0) is 37.3 Å². The van der Waals surface area contributed by atoms with E-state index in [1.54, 1.807) is 6.08 Å². The number of nitrogens with two attached hydrogens (primary N) is 2. The molecule has 23 nitrogen and oxygen atoms in total. The van der Waals surface area contributed by atoms with E-state index in [0.29, 0.717) is 18.5 Å². The lowest BCUT2D eigenvalue weighted by atomic mass is 10.0. The second kappa shape index (κ2) is 19.3. The van der Waals surface area contributed by atoms with Crippen molar-refractivity contribution in [2.75, 3.05) is 24.7 Å². The summed E-state index contributed by atoms with van der Waals surface area (Å²) < 4.78 is 61.0. The molecule has 2 aliphatic heterocycles. The van der Waals surface area contributed by atoms with Crippen LogP contribution in [0.25, 0.3) is 11.2 Å². The minimum atomic E-state index is -5.10. The average Bonchev–Trinajstić information content (AvgIpc) is 3.91. The van der Waals surface area contributed by atoms with Crippen molar-refractivity contribution in [2.24, 2.45) is 0 Å². The molecule has 2 saturated heterocycles. The van der Waals surface area contributed by atoms with Crippen molar-refractivity contribution in [3.63, 3.8) is 0 Å². The number of aromatic nitrogens is 6. The number of nitrogens with zero attached hydrogens (tertiary/aromatic N) is 6. The van der Waals surface area contributed by atoms with E-state index in [-0.39, 0.29) is 42.8 Å². The van der Waals surface area contributed by atoms with Crippen LogP contribution in [0.15, 0.2) is 72.7 Å². The smallest absolute Gasteiger partial charge is 0.458 e. The number of hydrogen-bond donors (Lipinski definition) is 7. The van der Waals surface area contributed by atoms with Gasteiger partial charge in [-0.3, -0.25) is 32.8 Å². The maximum atomic E-state index is 13.9. The summed E-state index contributed by atoms with van der Waals surface area (Å²) in [6, 6.07) is 9.72. The van der Waals surface area contributed by atoms with Crippen molar-refractivity contribution in [1.29, 1.82) is 0 Å². The first kappa shape index (κ1) is 44.1. The van der Waals surface area contributed by atoms with Crippen LogP contribution in [0, 0.1) is 0 Å². The van der Waals surface area contributed by atoms with Crippen molar-refractivity contribution in [2.45, 2.75) is 87.7 Å². The fraction of sp³-hybridized carbons (Fsp3) is 0.471. The molecule has 0 spiro atoms. The molecule has 9 N–H and O–H groups in total. The monoisotopic (exact) mass is 865 g/mol. The number of carbonyl (C=O) groups excluding carboxylic acids is 1. The molecule has 2 fully saturated rings. The fourth-order valence-corrected chi connectivity index (χ4v) is 7.89. The highest BCUT2D eigenvalue weighted by Gasteiger charge is 2.45. The number of phosphoric ester groups is 2. The van der Waals surface area contributed by atoms with Gasteiger partial charge in [0, 0.05) is 19.0 Å². The van der Waals surface area contributed by atoms with Crippen LogP contribution in [0.4, 0.5) is 11.6 Å². The molecule has 2 aliphatic rings. The number of benzene rings is 1. The number of rotatable bonds is 20. The highest BCUT2D eigenvalue weighted by molar-refractivity contribution is 7.47. The van der Waals surface area contributed by atoms with Gasteiger partial charge in [-0.15, -0.1) is 6.58 Å². The molecule has 5 heterocycles. The second-order valence-electron chi connectivity index (χ2n) is 13.7. The van der Waals surface area contributed by atoms with Crippen LogP contribution >= 0.6 is 15.6 Å². The number of phosphoric acid groups is 2. The van der Waals surface area contributed by atoms with Crippen LogP contribution in [0.2, 0.25) is 0 Å². The zero-order chi connectivity index (χ0) is 42.3. The lowest BCUT2D eigenvalue weighted by Gasteiger charge is -2.26. The average molecular weight is 866 g/mol. The summed E-state index contributed by atoms with van der Waals surface area (Å²) in [5.41, 5.74) is 12.3. The first-order valence-electron chi connectivity index (χ1n) is 18.3. The van der Waals surface area contributed by atoms with Crippen LogP contribution in [-0.2, 0) is 48.1 Å². The summed E-state index contributed by atoms with van der Waals surface area (Å²) in [6.45, 7) is 2.19. The minimum absolute atomic E-state index is 0.0134. The molecule has 59 heavy (non-hydrogen) atoms. The number of carbonyl (C=O) groups is 1. The topological polar surface area (TPSA) is 330 Å². The van der Waals surface area contributed by atoms with Crippen LogP contribution < -0.4 is 22.5 Å². The Morgan fingerprint density at radius 3 is 2.39 bits per heavy atom. The summed E-state index contributed by atoms with van der Waals surface area (Å²) in [4.78, 5) is 72.1. The van der Waals surface area contributed by atoms with Crippen molar-refractivity contribution >= 4 is 44.4 Å². The summed E-state index contributed by atoms with van der Waals surface area (Å²) >= 11 is 0. The number of aliphatic hydroxyl groups excluding tert-OH is 1. The van der Waals surface area contributed by atoms with Crippen LogP contribution in [0.5, 0.6) is 0 Å². The predicted octanol–water partition coefficient (Wildman–Crippen LogP) is 1.22. The number of aliphatic hydroxyl groups is 1. The number of nitrogens with one attached hydrogen (secondary N) is 1. The van der Waals surface area contributed by atoms with Gasteiger partial charge >= 0.3 is 27.3 Å². The minimum Gasteiger partial charge on any atom is -0.458 e.